The van der Waals surface area contributed by atoms with Crippen LogP contribution in [0.2, 0.25) is 0 Å². The first-order valence-electron chi connectivity index (χ1n) is 7.76. The quantitative estimate of drug-likeness (QED) is 0.805. The number of Topliss-reactive ketones (excluding diaryl/α,β-unsaturated/α-hetero) is 1. The van der Waals surface area contributed by atoms with Gasteiger partial charge < -0.3 is 4.90 Å². The molecule has 0 amide bonds. The van der Waals surface area contributed by atoms with E-state index in [0.29, 0.717) is 0 Å². The third-order valence-corrected chi connectivity index (χ3v) is 3.89. The summed E-state index contributed by atoms with van der Waals surface area (Å²) >= 11 is 0. The Kier molecular flexibility index (Phi) is 4.99. The van der Waals surface area contributed by atoms with Gasteiger partial charge in [0.15, 0.2) is 5.78 Å². The molecule has 0 saturated heterocycles. The maximum atomic E-state index is 12.2. The molecule has 0 aliphatic rings. The van der Waals surface area contributed by atoms with Crippen LogP contribution in [-0.4, -0.2) is 10.8 Å². The molecule has 0 radical (unpaired) electrons. The topological polar surface area (TPSA) is 33.2 Å². The fraction of sp³-hybridized carbons (Fsp3) is 0.300. The number of pyridine rings is 1. The molecule has 1 heterocycles. The maximum Gasteiger partial charge on any atom is 0.157 e. The first-order chi connectivity index (χ1) is 10.8. The summed E-state index contributed by atoms with van der Waals surface area (Å²) in [5.41, 5.74) is 3.16. The molecule has 0 bridgehead atoms. The number of carbonyl (C=O) groups excluding carboxylic acids is 1. The van der Waals surface area contributed by atoms with E-state index in [4.69, 9.17) is 0 Å². The molecule has 1 aromatic carbocycles. The number of ketones is 1. The number of carbonyl (C=O) groups is 1. The number of hydrogen-bond donors (Lipinski definition) is 0. The van der Waals surface area contributed by atoms with Crippen molar-refractivity contribution in [3.05, 3.63) is 72.7 Å². The van der Waals surface area contributed by atoms with Gasteiger partial charge >= 0.3 is 0 Å². The van der Waals surface area contributed by atoms with E-state index in [-0.39, 0.29) is 11.2 Å². The normalized spacial score (nSPS) is 12.5. The molecule has 1 aromatic heterocycles. The number of benzene rings is 1. The highest BCUT2D eigenvalue weighted by molar-refractivity contribution is 5.87. The summed E-state index contributed by atoms with van der Waals surface area (Å²) in [5, 5.41) is 0. The van der Waals surface area contributed by atoms with Crippen molar-refractivity contribution in [1.29, 1.82) is 0 Å². The van der Waals surface area contributed by atoms with Crippen LogP contribution in [0.15, 0.2) is 61.6 Å². The van der Waals surface area contributed by atoms with Crippen LogP contribution in [0, 0.1) is 0 Å². The summed E-state index contributed by atoms with van der Waals surface area (Å²) in [7, 11) is 0. The minimum atomic E-state index is -0.415. The van der Waals surface area contributed by atoms with Crippen molar-refractivity contribution in [2.45, 2.75) is 39.2 Å². The molecule has 0 fully saturated rings. The van der Waals surface area contributed by atoms with Crippen molar-refractivity contribution >= 4 is 11.5 Å². The monoisotopic (exact) mass is 308 g/mol. The number of nitrogens with zero attached hydrogens (tertiary/aromatic N) is 2. The van der Waals surface area contributed by atoms with Gasteiger partial charge in [0.05, 0.1) is 0 Å². The standard InChI is InChI=1S/C20H24N2O/c1-6-22(18-11-9-17(10-12-18)20(3,4)5)19(15(2)23)16-8-7-13-21-14-16/h6-14,19H,1H2,2-5H3. The fourth-order valence-electron chi connectivity index (χ4n) is 2.62. The predicted octanol–water partition coefficient (Wildman–Crippen LogP) is 4.66. The van der Waals surface area contributed by atoms with Gasteiger partial charge in [-0.25, -0.2) is 0 Å². The average molecular weight is 308 g/mol. The number of aromatic nitrogens is 1. The average Bonchev–Trinajstić information content (AvgIpc) is 2.52. The van der Waals surface area contributed by atoms with E-state index in [2.05, 4.69) is 44.5 Å². The lowest BCUT2D eigenvalue weighted by molar-refractivity contribution is -0.118. The van der Waals surface area contributed by atoms with Crippen molar-refractivity contribution in [2.75, 3.05) is 4.90 Å². The van der Waals surface area contributed by atoms with Gasteiger partial charge in [-0.05, 0) is 42.3 Å². The summed E-state index contributed by atoms with van der Waals surface area (Å²) in [4.78, 5) is 18.3. The van der Waals surface area contributed by atoms with Gasteiger partial charge in [-0.1, -0.05) is 45.5 Å². The maximum absolute atomic E-state index is 12.2. The van der Waals surface area contributed by atoms with E-state index in [1.807, 2.05) is 29.2 Å². The molecule has 2 rings (SSSR count). The van der Waals surface area contributed by atoms with E-state index in [0.717, 1.165) is 11.3 Å². The Balaban J connectivity index is 2.41. The van der Waals surface area contributed by atoms with E-state index < -0.39 is 6.04 Å². The third kappa shape index (κ3) is 3.86. The number of rotatable bonds is 5. The highest BCUT2D eigenvalue weighted by atomic mass is 16.1. The Hall–Kier alpha value is -2.42. The molecule has 0 N–H and O–H groups in total. The highest BCUT2D eigenvalue weighted by Gasteiger charge is 2.24. The molecule has 3 nitrogen and oxygen atoms in total. The molecule has 2 aromatic rings. The SMILES string of the molecule is C=CN(c1ccc(C(C)(C)C)cc1)C(C(C)=O)c1cccnc1. The van der Waals surface area contributed by atoms with Gasteiger partial charge in [0.1, 0.15) is 6.04 Å². The number of hydrogen-bond acceptors (Lipinski definition) is 3. The highest BCUT2D eigenvalue weighted by Crippen LogP contribution is 2.30. The summed E-state index contributed by atoms with van der Waals surface area (Å²) in [6, 6.07) is 11.6. The van der Waals surface area contributed by atoms with E-state index in [1.54, 1.807) is 25.5 Å². The van der Waals surface area contributed by atoms with Gasteiger partial charge in [0.2, 0.25) is 0 Å². The molecular formula is C20H24N2O. The lowest BCUT2D eigenvalue weighted by Crippen LogP contribution is -2.28. The first kappa shape index (κ1) is 16.9. The first-order valence-corrected chi connectivity index (χ1v) is 7.76. The summed E-state index contributed by atoms with van der Waals surface area (Å²) in [5.74, 6) is 0.0535. The zero-order valence-corrected chi connectivity index (χ0v) is 14.3. The summed E-state index contributed by atoms with van der Waals surface area (Å²) < 4.78 is 0. The Labute approximate surface area is 138 Å². The Morgan fingerprint density at radius 3 is 2.30 bits per heavy atom. The van der Waals surface area contributed by atoms with Crippen molar-refractivity contribution in [3.8, 4) is 0 Å². The molecule has 1 atom stereocenters. The van der Waals surface area contributed by atoms with Crippen LogP contribution in [0.3, 0.4) is 0 Å². The molecule has 0 aliphatic heterocycles. The molecule has 0 saturated carbocycles. The molecule has 0 aliphatic carbocycles. The zero-order valence-electron chi connectivity index (χ0n) is 14.3. The van der Waals surface area contributed by atoms with Gasteiger partial charge in [0.25, 0.3) is 0 Å². The van der Waals surface area contributed by atoms with Crippen LogP contribution in [0.1, 0.15) is 44.9 Å². The van der Waals surface area contributed by atoms with Crippen molar-refractivity contribution < 1.29 is 4.79 Å². The molecule has 23 heavy (non-hydrogen) atoms. The zero-order chi connectivity index (χ0) is 17.0. The van der Waals surface area contributed by atoms with Crippen molar-refractivity contribution in [2.24, 2.45) is 0 Å². The van der Waals surface area contributed by atoms with Crippen LogP contribution >= 0.6 is 0 Å². The van der Waals surface area contributed by atoms with Crippen LogP contribution < -0.4 is 4.90 Å². The molecule has 1 unspecified atom stereocenters. The van der Waals surface area contributed by atoms with Crippen molar-refractivity contribution in [3.63, 3.8) is 0 Å². The van der Waals surface area contributed by atoms with Gasteiger partial charge in [-0.2, -0.15) is 0 Å². The Bertz CT molecular complexity index is 669. The summed E-state index contributed by atoms with van der Waals surface area (Å²) in [6.07, 6.45) is 5.13. The minimum Gasteiger partial charge on any atom is -0.334 e. The van der Waals surface area contributed by atoms with Gasteiger partial charge in [-0.15, -0.1) is 0 Å². The fourth-order valence-corrected chi connectivity index (χ4v) is 2.62. The molecule has 120 valence electrons. The second kappa shape index (κ2) is 6.78. The van der Waals surface area contributed by atoms with Crippen molar-refractivity contribution in [1.82, 2.24) is 4.98 Å². The van der Waals surface area contributed by atoms with Gasteiger partial charge in [0, 0.05) is 23.6 Å². The molecule has 3 heteroatoms. The molecular weight excluding hydrogens is 284 g/mol. The van der Waals surface area contributed by atoms with Crippen LogP contribution in [0.25, 0.3) is 0 Å². The Morgan fingerprint density at radius 2 is 1.87 bits per heavy atom. The summed E-state index contributed by atoms with van der Waals surface area (Å²) in [6.45, 7) is 12.0. The molecule has 0 spiro atoms. The van der Waals surface area contributed by atoms with Gasteiger partial charge in [-0.3, -0.25) is 9.78 Å². The van der Waals surface area contributed by atoms with Crippen LogP contribution in [0.5, 0.6) is 0 Å². The smallest absolute Gasteiger partial charge is 0.157 e. The second-order valence-corrected chi connectivity index (χ2v) is 6.69. The van der Waals surface area contributed by atoms with Crippen LogP contribution in [-0.2, 0) is 10.2 Å². The Morgan fingerprint density at radius 1 is 1.22 bits per heavy atom. The van der Waals surface area contributed by atoms with E-state index in [1.165, 1.54) is 5.56 Å². The predicted molar refractivity (Wildman–Crippen MR) is 95.5 cm³/mol. The lowest BCUT2D eigenvalue weighted by Gasteiger charge is -2.29. The van der Waals surface area contributed by atoms with E-state index >= 15 is 0 Å². The minimum absolute atomic E-state index is 0.0535. The number of anilines is 1. The third-order valence-electron chi connectivity index (χ3n) is 3.89. The second-order valence-electron chi connectivity index (χ2n) is 6.69. The van der Waals surface area contributed by atoms with Crippen LogP contribution in [0.4, 0.5) is 5.69 Å². The largest absolute Gasteiger partial charge is 0.334 e. The van der Waals surface area contributed by atoms with E-state index in [9.17, 15) is 4.79 Å². The lowest BCUT2D eigenvalue weighted by atomic mass is 9.87.